The number of nitrogens with zero attached hydrogens (tertiary/aromatic N) is 1. The highest BCUT2D eigenvalue weighted by atomic mass is 35.5. The Morgan fingerprint density at radius 3 is 1.24 bits per heavy atom. The maximum Gasteiger partial charge on any atom is 0.0891 e. The first-order valence-electron chi connectivity index (χ1n) is 31.4. The van der Waals surface area contributed by atoms with Crippen LogP contribution in [-0.2, 0) is 0 Å². The number of hydrogen-bond donors (Lipinski definition) is 0. The monoisotopic (exact) mass is 942 g/mol. The molecular weight excluding hydrogens is 818 g/mol. The van der Waals surface area contributed by atoms with Gasteiger partial charge in [-0.2, -0.15) is 0 Å². The van der Waals surface area contributed by atoms with Crippen molar-refractivity contribution >= 4 is 0 Å². The summed E-state index contributed by atoms with van der Waals surface area (Å²) in [4.78, 5) is 0. The largest absolute Gasteiger partial charge is 1.00 e. The average Bonchev–Trinajstić information content (AvgIpc) is 3.65. The Morgan fingerprint density at radius 1 is 0.424 bits per heavy atom. The second-order valence-corrected chi connectivity index (χ2v) is 26.1. The minimum atomic E-state index is 0. The number of quaternary nitrogens is 1. The zero-order valence-electron chi connectivity index (χ0n) is 47.0. The van der Waals surface area contributed by atoms with Crippen LogP contribution in [0.15, 0.2) is 0 Å². The molecule has 0 aliphatic heterocycles. The number of halogens is 1. The van der Waals surface area contributed by atoms with Crippen molar-refractivity contribution < 1.29 is 16.9 Å². The van der Waals surface area contributed by atoms with E-state index in [4.69, 9.17) is 0 Å². The SMILES string of the molecule is CCCCCCCCCCCCCCCCCC[N+](C)(CCCCCCCCCCCCCCCCCC)[C@H]1CC[C@@]2(C)C(CCC3C2CC[C@@]2(C)C3CC[C@@H]2[C@H](C)CCCC(C)C)C1.[Cl-]. The molecule has 0 aromatic heterocycles. The number of rotatable bonds is 40. The molecule has 0 spiro atoms. The van der Waals surface area contributed by atoms with Gasteiger partial charge in [0.15, 0.2) is 0 Å². The van der Waals surface area contributed by atoms with Crippen molar-refractivity contribution in [2.45, 2.75) is 337 Å². The van der Waals surface area contributed by atoms with E-state index in [0.29, 0.717) is 10.8 Å². The van der Waals surface area contributed by atoms with Crippen molar-refractivity contribution in [2.24, 2.45) is 52.3 Å². The first-order chi connectivity index (χ1) is 31.6. The minimum Gasteiger partial charge on any atom is -1.00 e. The Balaban J connectivity index is 0.0000116. The zero-order chi connectivity index (χ0) is 46.6. The third kappa shape index (κ3) is 20.4. The molecule has 0 amide bonds. The third-order valence-corrected chi connectivity index (χ3v) is 20.8. The fourth-order valence-corrected chi connectivity index (χ4v) is 16.3. The van der Waals surface area contributed by atoms with Crippen LogP contribution < -0.4 is 12.4 Å². The van der Waals surface area contributed by atoms with Gasteiger partial charge in [-0.3, -0.25) is 0 Å². The molecule has 4 unspecified atom stereocenters. The fourth-order valence-electron chi connectivity index (χ4n) is 16.3. The quantitative estimate of drug-likeness (QED) is 0.0424. The lowest BCUT2D eigenvalue weighted by Crippen LogP contribution is -3.00. The lowest BCUT2D eigenvalue weighted by atomic mass is 9.44. The molecule has 4 rings (SSSR count). The number of hydrogen-bond acceptors (Lipinski definition) is 0. The molecule has 0 N–H and O–H groups in total. The van der Waals surface area contributed by atoms with Gasteiger partial charge in [0.1, 0.15) is 0 Å². The van der Waals surface area contributed by atoms with E-state index in [-0.39, 0.29) is 12.4 Å². The second kappa shape index (κ2) is 34.6. The van der Waals surface area contributed by atoms with Gasteiger partial charge < -0.3 is 16.9 Å². The zero-order valence-corrected chi connectivity index (χ0v) is 47.7. The van der Waals surface area contributed by atoms with Crippen LogP contribution in [0, 0.1) is 52.3 Å². The molecule has 0 aromatic rings. The Hall–Kier alpha value is 0.250. The van der Waals surface area contributed by atoms with E-state index < -0.39 is 0 Å². The van der Waals surface area contributed by atoms with Crippen molar-refractivity contribution in [3.8, 4) is 0 Å². The molecule has 66 heavy (non-hydrogen) atoms. The maximum absolute atomic E-state index is 2.86. The number of fused-ring (bicyclic) bond motifs is 5. The highest BCUT2D eigenvalue weighted by Gasteiger charge is 2.61. The predicted octanol–water partition coefficient (Wildman–Crippen LogP) is 18.4. The molecule has 4 saturated carbocycles. The average molecular weight is 943 g/mol. The summed E-state index contributed by atoms with van der Waals surface area (Å²) in [5.74, 6) is 6.87. The predicted molar refractivity (Wildman–Crippen MR) is 292 cm³/mol. The molecular formula is C64H124ClN. The molecule has 0 radical (unpaired) electrons. The van der Waals surface area contributed by atoms with E-state index in [9.17, 15) is 0 Å². The first kappa shape index (κ1) is 60.6. The van der Waals surface area contributed by atoms with Crippen molar-refractivity contribution in [1.82, 2.24) is 0 Å². The number of unbranched alkanes of at least 4 members (excludes halogenated alkanes) is 30. The van der Waals surface area contributed by atoms with Gasteiger partial charge >= 0.3 is 0 Å². The van der Waals surface area contributed by atoms with Crippen LogP contribution in [0.4, 0.5) is 0 Å². The normalized spacial score (nSPS) is 28.0. The highest BCUT2D eigenvalue weighted by molar-refractivity contribution is 5.10. The van der Waals surface area contributed by atoms with Gasteiger partial charge in [0.2, 0.25) is 0 Å². The second-order valence-electron chi connectivity index (χ2n) is 26.1. The van der Waals surface area contributed by atoms with Gasteiger partial charge in [-0.05, 0) is 129 Å². The van der Waals surface area contributed by atoms with Crippen LogP contribution in [0.1, 0.15) is 331 Å². The van der Waals surface area contributed by atoms with Gasteiger partial charge in [0, 0.05) is 6.42 Å². The highest BCUT2D eigenvalue weighted by Crippen LogP contribution is 2.68. The van der Waals surface area contributed by atoms with Crippen molar-refractivity contribution in [3.63, 3.8) is 0 Å². The van der Waals surface area contributed by atoms with Gasteiger partial charge in [-0.25, -0.2) is 0 Å². The van der Waals surface area contributed by atoms with Gasteiger partial charge in [-0.15, -0.1) is 0 Å². The van der Waals surface area contributed by atoms with Crippen LogP contribution >= 0.6 is 0 Å². The van der Waals surface area contributed by atoms with E-state index in [2.05, 4.69) is 55.5 Å². The molecule has 0 heterocycles. The topological polar surface area (TPSA) is 0 Å². The van der Waals surface area contributed by atoms with Crippen molar-refractivity contribution in [3.05, 3.63) is 0 Å². The Labute approximate surface area is 424 Å². The van der Waals surface area contributed by atoms with Crippen molar-refractivity contribution in [2.75, 3.05) is 20.1 Å². The summed E-state index contributed by atoms with van der Waals surface area (Å²) >= 11 is 0. The van der Waals surface area contributed by atoms with Gasteiger partial charge in [-0.1, -0.05) is 248 Å². The molecule has 9 atom stereocenters. The summed E-state index contributed by atoms with van der Waals surface area (Å²) in [6.07, 6.45) is 65.6. The molecule has 0 aromatic carbocycles. The van der Waals surface area contributed by atoms with Gasteiger partial charge in [0.05, 0.1) is 26.2 Å². The summed E-state index contributed by atoms with van der Waals surface area (Å²) in [5, 5.41) is 0. The van der Waals surface area contributed by atoms with E-state index in [1.807, 2.05) is 0 Å². The molecule has 392 valence electrons. The van der Waals surface area contributed by atoms with E-state index >= 15 is 0 Å². The van der Waals surface area contributed by atoms with Crippen LogP contribution in [0.3, 0.4) is 0 Å². The molecule has 4 aliphatic carbocycles. The summed E-state index contributed by atoms with van der Waals surface area (Å²) in [7, 11) is 2.78. The summed E-state index contributed by atoms with van der Waals surface area (Å²) < 4.78 is 1.43. The van der Waals surface area contributed by atoms with E-state index in [0.717, 1.165) is 47.5 Å². The molecule has 0 bridgehead atoms. The first-order valence-corrected chi connectivity index (χ1v) is 31.4. The van der Waals surface area contributed by atoms with Gasteiger partial charge in [0.25, 0.3) is 0 Å². The molecule has 1 nitrogen and oxygen atoms in total. The van der Waals surface area contributed by atoms with Crippen LogP contribution in [0.25, 0.3) is 0 Å². The third-order valence-electron chi connectivity index (χ3n) is 20.8. The Kier molecular flexibility index (Phi) is 31.7. The van der Waals surface area contributed by atoms with Crippen LogP contribution in [-0.4, -0.2) is 30.7 Å². The maximum atomic E-state index is 2.86. The standard InChI is InChI=1S/C64H124N.ClH/c1-9-11-13-15-17-19-21-23-25-27-29-31-33-35-37-39-52-65(8,53-40-38-36-34-32-30-28-26-24-22-20-18-16-14-12-10-2)58-48-50-63(6)57(54-58)44-45-59-61-47-46-60(56(5)43-41-42-55(3)4)64(61,7)51-49-62(59)63;/h55-62H,9-54H2,1-8H3;1H/q+1;/p-1/t56-,57?,58+,59?,60-,61?,62?,63+,64-;/m1./s1. The van der Waals surface area contributed by atoms with Crippen LogP contribution in [0.5, 0.6) is 0 Å². The molecule has 0 saturated heterocycles. The summed E-state index contributed by atoms with van der Waals surface area (Å²) in [6.45, 7) is 20.8. The van der Waals surface area contributed by atoms with E-state index in [1.165, 1.54) is 249 Å². The van der Waals surface area contributed by atoms with Crippen LogP contribution in [0.2, 0.25) is 0 Å². The van der Waals surface area contributed by atoms with E-state index in [1.54, 1.807) is 51.4 Å². The summed E-state index contributed by atoms with van der Waals surface area (Å²) in [6, 6.07) is 0.925. The molecule has 4 aliphatic rings. The Bertz CT molecular complexity index is 1110. The summed E-state index contributed by atoms with van der Waals surface area (Å²) in [5.41, 5.74) is 1.25. The minimum absolute atomic E-state index is 0. The smallest absolute Gasteiger partial charge is 0.0891 e. The van der Waals surface area contributed by atoms with Crippen molar-refractivity contribution in [1.29, 1.82) is 0 Å². The fraction of sp³-hybridized carbons (Fsp3) is 1.00. The lowest BCUT2D eigenvalue weighted by molar-refractivity contribution is -0.936. The molecule has 2 heteroatoms. The molecule has 4 fully saturated rings. The lowest BCUT2D eigenvalue weighted by Gasteiger charge is -2.62. The Morgan fingerprint density at radius 2 is 0.818 bits per heavy atom.